The summed E-state index contributed by atoms with van der Waals surface area (Å²) in [4.78, 5) is 12.4. The molecule has 2 aromatic heterocycles. The number of hydrogen-bond donors (Lipinski definition) is 1. The summed E-state index contributed by atoms with van der Waals surface area (Å²) in [7, 11) is 0. The number of halogens is 1. The van der Waals surface area contributed by atoms with Gasteiger partial charge in [-0.25, -0.2) is 14.4 Å². The van der Waals surface area contributed by atoms with Crippen LogP contribution in [0, 0.1) is 12.7 Å². The maximum absolute atomic E-state index is 15.4. The molecule has 1 fully saturated rings. The van der Waals surface area contributed by atoms with Gasteiger partial charge >= 0.3 is 0 Å². The van der Waals surface area contributed by atoms with Gasteiger partial charge in [-0.1, -0.05) is 18.6 Å². The Balaban J connectivity index is 1.81. The van der Waals surface area contributed by atoms with Crippen LogP contribution in [0.15, 0.2) is 42.9 Å². The SMILES string of the molecule is Cc1cccnc1Oc1c(C2CCC2)ccc(-c2cnc(N)cn2)c1F. The second kappa shape index (κ2) is 6.71. The van der Waals surface area contributed by atoms with Crippen LogP contribution in [0.3, 0.4) is 0 Å². The first-order valence-electron chi connectivity index (χ1n) is 8.63. The molecule has 0 spiro atoms. The van der Waals surface area contributed by atoms with E-state index in [9.17, 15) is 0 Å². The van der Waals surface area contributed by atoms with E-state index in [0.29, 0.717) is 28.9 Å². The summed E-state index contributed by atoms with van der Waals surface area (Å²) in [5.74, 6) is 0.801. The maximum Gasteiger partial charge on any atom is 0.222 e. The Morgan fingerprint density at radius 3 is 2.62 bits per heavy atom. The number of nitrogen functional groups attached to an aromatic ring is 1. The Kier molecular flexibility index (Phi) is 4.24. The highest BCUT2D eigenvalue weighted by molar-refractivity contribution is 5.64. The molecule has 26 heavy (non-hydrogen) atoms. The first-order valence-corrected chi connectivity index (χ1v) is 8.63. The predicted molar refractivity (Wildman–Crippen MR) is 97.5 cm³/mol. The number of ether oxygens (including phenoxy) is 1. The van der Waals surface area contributed by atoms with E-state index < -0.39 is 5.82 Å². The highest BCUT2D eigenvalue weighted by Crippen LogP contribution is 2.45. The highest BCUT2D eigenvalue weighted by Gasteiger charge is 2.27. The molecule has 1 aliphatic carbocycles. The van der Waals surface area contributed by atoms with Crippen LogP contribution in [0.25, 0.3) is 11.3 Å². The van der Waals surface area contributed by atoms with Gasteiger partial charge in [-0.2, -0.15) is 0 Å². The lowest BCUT2D eigenvalue weighted by Gasteiger charge is -2.28. The number of nitrogens with zero attached hydrogens (tertiary/aromatic N) is 3. The van der Waals surface area contributed by atoms with Gasteiger partial charge in [0, 0.05) is 22.9 Å². The molecule has 5 nitrogen and oxygen atoms in total. The fraction of sp³-hybridized carbons (Fsp3) is 0.250. The van der Waals surface area contributed by atoms with Crippen LogP contribution in [0.4, 0.5) is 10.2 Å². The van der Waals surface area contributed by atoms with Gasteiger partial charge < -0.3 is 10.5 Å². The molecule has 0 aliphatic heterocycles. The minimum Gasteiger partial charge on any atom is -0.435 e. The molecule has 3 aromatic rings. The lowest BCUT2D eigenvalue weighted by molar-refractivity contribution is 0.377. The fourth-order valence-corrected chi connectivity index (χ4v) is 3.07. The Hall–Kier alpha value is -3.02. The van der Waals surface area contributed by atoms with E-state index in [1.165, 1.54) is 12.4 Å². The molecule has 1 aromatic carbocycles. The molecule has 4 rings (SSSR count). The average Bonchev–Trinajstić information content (AvgIpc) is 2.59. The van der Waals surface area contributed by atoms with Crippen molar-refractivity contribution in [3.05, 3.63) is 59.8 Å². The van der Waals surface area contributed by atoms with Gasteiger partial charge in [0.15, 0.2) is 11.6 Å². The van der Waals surface area contributed by atoms with E-state index in [1.807, 2.05) is 25.1 Å². The van der Waals surface area contributed by atoms with Gasteiger partial charge in [-0.3, -0.25) is 4.98 Å². The van der Waals surface area contributed by atoms with Crippen LogP contribution in [-0.4, -0.2) is 15.0 Å². The van der Waals surface area contributed by atoms with Crippen molar-refractivity contribution in [1.82, 2.24) is 15.0 Å². The van der Waals surface area contributed by atoms with Gasteiger partial charge in [0.2, 0.25) is 5.88 Å². The van der Waals surface area contributed by atoms with Gasteiger partial charge in [-0.15, -0.1) is 0 Å². The number of hydrogen-bond acceptors (Lipinski definition) is 5. The van der Waals surface area contributed by atoms with Crippen LogP contribution in [0.5, 0.6) is 11.6 Å². The predicted octanol–water partition coefficient (Wildman–Crippen LogP) is 4.63. The Labute approximate surface area is 151 Å². The minimum atomic E-state index is -0.446. The van der Waals surface area contributed by atoms with Crippen molar-refractivity contribution in [2.75, 3.05) is 5.73 Å². The summed E-state index contributed by atoms with van der Waals surface area (Å²) in [5.41, 5.74) is 8.07. The molecule has 6 heteroatoms. The van der Waals surface area contributed by atoms with Crippen molar-refractivity contribution < 1.29 is 9.13 Å². The molecule has 132 valence electrons. The van der Waals surface area contributed by atoms with Crippen molar-refractivity contribution in [2.24, 2.45) is 0 Å². The topological polar surface area (TPSA) is 73.9 Å². The van der Waals surface area contributed by atoms with Gasteiger partial charge in [-0.05, 0) is 37.8 Å². The number of aryl methyl sites for hydroxylation is 1. The smallest absolute Gasteiger partial charge is 0.222 e. The molecule has 2 heterocycles. The van der Waals surface area contributed by atoms with Gasteiger partial charge in [0.1, 0.15) is 5.82 Å². The number of aromatic nitrogens is 3. The van der Waals surface area contributed by atoms with Crippen molar-refractivity contribution in [3.63, 3.8) is 0 Å². The summed E-state index contributed by atoms with van der Waals surface area (Å²) in [6, 6.07) is 7.37. The minimum absolute atomic E-state index is 0.229. The highest BCUT2D eigenvalue weighted by atomic mass is 19.1. The van der Waals surface area contributed by atoms with E-state index >= 15 is 4.39 Å². The molecule has 0 bridgehead atoms. The zero-order valence-corrected chi connectivity index (χ0v) is 14.4. The third kappa shape index (κ3) is 2.98. The van der Waals surface area contributed by atoms with E-state index in [-0.39, 0.29) is 5.75 Å². The molecular formula is C20H19FN4O. The fourth-order valence-electron chi connectivity index (χ4n) is 3.07. The Morgan fingerprint density at radius 1 is 1.12 bits per heavy atom. The zero-order chi connectivity index (χ0) is 18.1. The molecular weight excluding hydrogens is 331 g/mol. The van der Waals surface area contributed by atoms with Gasteiger partial charge in [0.05, 0.1) is 18.1 Å². The van der Waals surface area contributed by atoms with Crippen molar-refractivity contribution in [2.45, 2.75) is 32.1 Å². The quantitative estimate of drug-likeness (QED) is 0.743. The van der Waals surface area contributed by atoms with Crippen LogP contribution >= 0.6 is 0 Å². The largest absolute Gasteiger partial charge is 0.435 e. The molecule has 0 saturated heterocycles. The zero-order valence-electron chi connectivity index (χ0n) is 14.4. The standard InChI is InChI=1S/C20H19FN4O/c1-12-4-3-9-23-20(12)26-19-14(13-5-2-6-13)7-8-15(18(19)21)16-10-25-17(22)11-24-16/h3-4,7-11,13H,2,5-6H2,1H3,(H2,22,25). The van der Waals surface area contributed by atoms with Crippen molar-refractivity contribution in [3.8, 4) is 22.9 Å². The van der Waals surface area contributed by atoms with E-state index in [1.54, 1.807) is 12.3 Å². The summed E-state index contributed by atoms with van der Waals surface area (Å²) in [6.45, 7) is 1.89. The number of benzene rings is 1. The number of nitrogens with two attached hydrogens (primary N) is 1. The number of anilines is 1. The molecule has 2 N–H and O–H groups in total. The summed E-state index contributed by atoms with van der Waals surface area (Å²) in [5, 5.41) is 0. The molecule has 0 radical (unpaired) electrons. The first-order chi connectivity index (χ1) is 12.6. The molecule has 1 aliphatic rings. The summed E-state index contributed by atoms with van der Waals surface area (Å²) >= 11 is 0. The second-order valence-corrected chi connectivity index (χ2v) is 6.53. The maximum atomic E-state index is 15.4. The van der Waals surface area contributed by atoms with Crippen LogP contribution in [0.1, 0.15) is 36.3 Å². The lowest BCUT2D eigenvalue weighted by Crippen LogP contribution is -2.11. The van der Waals surface area contributed by atoms with E-state index in [2.05, 4.69) is 15.0 Å². The summed E-state index contributed by atoms with van der Waals surface area (Å²) < 4.78 is 21.4. The van der Waals surface area contributed by atoms with Crippen LogP contribution in [0.2, 0.25) is 0 Å². The lowest BCUT2D eigenvalue weighted by atomic mass is 9.79. The number of rotatable bonds is 4. The van der Waals surface area contributed by atoms with E-state index in [4.69, 9.17) is 10.5 Å². The first kappa shape index (κ1) is 16.4. The van der Waals surface area contributed by atoms with Crippen molar-refractivity contribution in [1.29, 1.82) is 0 Å². The average molecular weight is 350 g/mol. The molecule has 0 atom stereocenters. The van der Waals surface area contributed by atoms with Crippen LogP contribution in [-0.2, 0) is 0 Å². The number of pyridine rings is 1. The van der Waals surface area contributed by atoms with Crippen LogP contribution < -0.4 is 10.5 Å². The molecule has 1 saturated carbocycles. The Bertz CT molecular complexity index is 939. The molecule has 0 unspecified atom stereocenters. The summed E-state index contributed by atoms with van der Waals surface area (Å²) in [6.07, 6.45) is 7.75. The normalized spacial score (nSPS) is 14.1. The van der Waals surface area contributed by atoms with Gasteiger partial charge in [0.25, 0.3) is 0 Å². The monoisotopic (exact) mass is 350 g/mol. The van der Waals surface area contributed by atoms with Crippen molar-refractivity contribution >= 4 is 5.82 Å². The van der Waals surface area contributed by atoms with E-state index in [0.717, 1.165) is 30.4 Å². The third-order valence-corrected chi connectivity index (χ3v) is 4.78. The third-order valence-electron chi connectivity index (χ3n) is 4.78. The second-order valence-electron chi connectivity index (χ2n) is 6.53. The Morgan fingerprint density at radius 2 is 1.96 bits per heavy atom. The molecule has 0 amide bonds.